The summed E-state index contributed by atoms with van der Waals surface area (Å²) < 4.78 is 7.39. The fourth-order valence-corrected chi connectivity index (χ4v) is 2.59. The first kappa shape index (κ1) is 11.7. The van der Waals surface area contributed by atoms with E-state index in [-0.39, 0.29) is 12.0 Å². The number of rotatable bonds is 3. The summed E-state index contributed by atoms with van der Waals surface area (Å²) >= 11 is 0. The normalized spacial score (nSPS) is 17.9. The molecule has 0 spiro atoms. The number of aryl methyl sites for hydroxylation is 2. The lowest BCUT2D eigenvalue weighted by molar-refractivity contribution is -0.0841. The molecule has 0 atom stereocenters. The van der Waals surface area contributed by atoms with Crippen LogP contribution in [0.5, 0.6) is 0 Å². The lowest BCUT2D eigenvalue weighted by atomic mass is 9.79. The molecule has 1 aliphatic heterocycles. The fourth-order valence-electron chi connectivity index (χ4n) is 2.59. The van der Waals surface area contributed by atoms with Crippen molar-refractivity contribution in [1.82, 2.24) is 9.55 Å². The van der Waals surface area contributed by atoms with E-state index in [0.29, 0.717) is 13.2 Å². The molecule has 1 fully saturated rings. The Morgan fingerprint density at radius 2 is 2.22 bits per heavy atom. The van der Waals surface area contributed by atoms with Crippen molar-refractivity contribution in [2.75, 3.05) is 19.8 Å². The van der Waals surface area contributed by atoms with E-state index in [1.54, 1.807) is 0 Å². The Labute approximate surface area is 106 Å². The van der Waals surface area contributed by atoms with Crippen LogP contribution in [0.1, 0.15) is 18.3 Å². The van der Waals surface area contributed by atoms with Crippen molar-refractivity contribution in [3.63, 3.8) is 0 Å². The third kappa shape index (κ3) is 1.49. The van der Waals surface area contributed by atoms with E-state index in [1.807, 2.05) is 7.05 Å². The molecule has 1 aliphatic rings. The maximum absolute atomic E-state index is 9.56. The molecule has 2 aromatic rings. The van der Waals surface area contributed by atoms with Gasteiger partial charge in [-0.15, -0.1) is 0 Å². The Morgan fingerprint density at radius 3 is 2.78 bits per heavy atom. The molecule has 0 amide bonds. The number of benzene rings is 1. The number of ether oxygens (including phenoxy) is 1. The average molecular weight is 246 g/mol. The van der Waals surface area contributed by atoms with Gasteiger partial charge in [0.2, 0.25) is 0 Å². The summed E-state index contributed by atoms with van der Waals surface area (Å²) in [7, 11) is 2.04. The minimum absolute atomic E-state index is 0.131. The molecule has 0 saturated carbocycles. The summed E-state index contributed by atoms with van der Waals surface area (Å²) in [6.45, 7) is 3.44. The quantitative estimate of drug-likeness (QED) is 0.890. The van der Waals surface area contributed by atoms with E-state index < -0.39 is 0 Å². The van der Waals surface area contributed by atoms with Gasteiger partial charge in [-0.05, 0) is 17.7 Å². The molecule has 4 heteroatoms. The predicted molar refractivity (Wildman–Crippen MR) is 69.7 cm³/mol. The Balaban J connectivity index is 2.11. The van der Waals surface area contributed by atoms with Crippen LogP contribution in [0.4, 0.5) is 0 Å². The molecule has 2 heterocycles. The van der Waals surface area contributed by atoms with Crippen LogP contribution in [0.25, 0.3) is 11.0 Å². The summed E-state index contributed by atoms with van der Waals surface area (Å²) in [6, 6.07) is 6.27. The topological polar surface area (TPSA) is 47.3 Å². The van der Waals surface area contributed by atoms with Crippen LogP contribution in [0.15, 0.2) is 18.2 Å². The summed E-state index contributed by atoms with van der Waals surface area (Å²) in [6.07, 6.45) is 0.925. The highest BCUT2D eigenvalue weighted by atomic mass is 16.5. The highest BCUT2D eigenvalue weighted by Gasteiger charge is 2.40. The van der Waals surface area contributed by atoms with Gasteiger partial charge in [-0.1, -0.05) is 13.0 Å². The molecular formula is C14H18N2O2. The molecule has 1 N–H and O–H groups in total. The number of hydrogen-bond acceptors (Lipinski definition) is 3. The second-order valence-corrected chi connectivity index (χ2v) is 5.08. The van der Waals surface area contributed by atoms with Gasteiger partial charge in [-0.3, -0.25) is 0 Å². The molecule has 0 unspecified atom stereocenters. The van der Waals surface area contributed by atoms with Gasteiger partial charge < -0.3 is 14.4 Å². The van der Waals surface area contributed by atoms with E-state index >= 15 is 0 Å². The van der Waals surface area contributed by atoms with E-state index in [1.165, 1.54) is 0 Å². The van der Waals surface area contributed by atoms with Crippen LogP contribution in [-0.2, 0) is 23.6 Å². The van der Waals surface area contributed by atoms with Crippen molar-refractivity contribution in [3.8, 4) is 0 Å². The van der Waals surface area contributed by atoms with Crippen molar-refractivity contribution >= 4 is 11.0 Å². The van der Waals surface area contributed by atoms with Crippen molar-refractivity contribution in [2.24, 2.45) is 7.05 Å². The van der Waals surface area contributed by atoms with E-state index in [4.69, 9.17) is 4.74 Å². The van der Waals surface area contributed by atoms with Crippen LogP contribution in [0.2, 0.25) is 0 Å². The Bertz CT molecular complexity index is 579. The predicted octanol–water partition coefficient (Wildman–Crippen LogP) is 1.40. The summed E-state index contributed by atoms with van der Waals surface area (Å²) in [5, 5.41) is 9.56. The van der Waals surface area contributed by atoms with Gasteiger partial charge in [0.1, 0.15) is 5.82 Å². The fraction of sp³-hybridized carbons (Fsp3) is 0.500. The van der Waals surface area contributed by atoms with Gasteiger partial charge in [-0.25, -0.2) is 4.98 Å². The average Bonchev–Trinajstić information content (AvgIpc) is 2.65. The first-order valence-electron chi connectivity index (χ1n) is 6.34. The maximum atomic E-state index is 9.56. The molecule has 3 rings (SSSR count). The second kappa shape index (κ2) is 4.07. The van der Waals surface area contributed by atoms with Gasteiger partial charge in [0.15, 0.2) is 0 Å². The number of aromatic nitrogens is 2. The summed E-state index contributed by atoms with van der Waals surface area (Å²) in [5.74, 6) is 1.09. The zero-order valence-electron chi connectivity index (χ0n) is 10.8. The first-order chi connectivity index (χ1) is 8.70. The summed E-state index contributed by atoms with van der Waals surface area (Å²) in [4.78, 5) is 4.64. The Hall–Kier alpha value is -1.39. The number of fused-ring (bicyclic) bond motifs is 1. The molecule has 1 aromatic heterocycles. The van der Waals surface area contributed by atoms with E-state index in [2.05, 4.69) is 34.7 Å². The zero-order chi connectivity index (χ0) is 12.8. The Kier molecular flexibility index (Phi) is 2.64. The van der Waals surface area contributed by atoms with Crippen LogP contribution in [-0.4, -0.2) is 34.5 Å². The van der Waals surface area contributed by atoms with Crippen LogP contribution in [0.3, 0.4) is 0 Å². The van der Waals surface area contributed by atoms with Crippen LogP contribution >= 0.6 is 0 Å². The van der Waals surface area contributed by atoms with E-state index in [9.17, 15) is 5.11 Å². The third-order valence-electron chi connectivity index (χ3n) is 3.96. The van der Waals surface area contributed by atoms with Gasteiger partial charge >= 0.3 is 0 Å². The zero-order valence-corrected chi connectivity index (χ0v) is 10.8. The standard InChI is InChI=1S/C14H18N2O2/c1-3-13-15-11-6-10(4-5-12(11)16(13)2)14(7-17)8-18-9-14/h4-6,17H,3,7-9H2,1-2H3. The lowest BCUT2D eigenvalue weighted by Gasteiger charge is -2.40. The van der Waals surface area contributed by atoms with Crippen molar-refractivity contribution < 1.29 is 9.84 Å². The second-order valence-electron chi connectivity index (χ2n) is 5.08. The van der Waals surface area contributed by atoms with Gasteiger partial charge in [-0.2, -0.15) is 0 Å². The van der Waals surface area contributed by atoms with Gasteiger partial charge in [0.25, 0.3) is 0 Å². The molecule has 96 valence electrons. The maximum Gasteiger partial charge on any atom is 0.109 e. The van der Waals surface area contributed by atoms with Crippen molar-refractivity contribution in [1.29, 1.82) is 0 Å². The van der Waals surface area contributed by atoms with Crippen molar-refractivity contribution in [3.05, 3.63) is 29.6 Å². The summed E-state index contributed by atoms with van der Waals surface area (Å²) in [5.41, 5.74) is 3.07. The highest BCUT2D eigenvalue weighted by molar-refractivity contribution is 5.77. The molecule has 4 nitrogen and oxygen atoms in total. The number of hydrogen-bond donors (Lipinski definition) is 1. The molecule has 1 saturated heterocycles. The van der Waals surface area contributed by atoms with E-state index in [0.717, 1.165) is 28.8 Å². The monoisotopic (exact) mass is 246 g/mol. The molecule has 0 bridgehead atoms. The molecule has 18 heavy (non-hydrogen) atoms. The first-order valence-corrected chi connectivity index (χ1v) is 6.34. The van der Waals surface area contributed by atoms with Gasteiger partial charge in [0, 0.05) is 13.5 Å². The minimum atomic E-state index is -0.210. The lowest BCUT2D eigenvalue weighted by Crippen LogP contribution is -2.49. The van der Waals surface area contributed by atoms with Crippen LogP contribution < -0.4 is 0 Å². The molecule has 0 aliphatic carbocycles. The van der Waals surface area contributed by atoms with Gasteiger partial charge in [0.05, 0.1) is 36.3 Å². The minimum Gasteiger partial charge on any atom is -0.395 e. The Morgan fingerprint density at radius 1 is 1.44 bits per heavy atom. The molecular weight excluding hydrogens is 228 g/mol. The van der Waals surface area contributed by atoms with Crippen LogP contribution in [0, 0.1) is 0 Å². The number of aliphatic hydroxyl groups excluding tert-OH is 1. The number of nitrogens with zero attached hydrogens (tertiary/aromatic N) is 2. The number of imidazole rings is 1. The molecule has 0 radical (unpaired) electrons. The largest absolute Gasteiger partial charge is 0.395 e. The SMILES string of the molecule is CCc1nc2cc(C3(CO)COC3)ccc2n1C. The smallest absolute Gasteiger partial charge is 0.109 e. The molecule has 1 aromatic carbocycles. The highest BCUT2D eigenvalue weighted by Crippen LogP contribution is 2.33. The van der Waals surface area contributed by atoms with Crippen molar-refractivity contribution in [2.45, 2.75) is 18.8 Å². The third-order valence-corrected chi connectivity index (χ3v) is 3.96. The number of aliphatic hydroxyl groups is 1.